The van der Waals surface area contributed by atoms with Crippen LogP contribution in [0.25, 0.3) is 11.0 Å². The van der Waals surface area contributed by atoms with Gasteiger partial charge in [-0.2, -0.15) is 0 Å². The largest absolute Gasteiger partial charge is 0.451 e. The van der Waals surface area contributed by atoms with Gasteiger partial charge in [0.05, 0.1) is 0 Å². The predicted octanol–water partition coefficient (Wildman–Crippen LogP) is 5.86. The van der Waals surface area contributed by atoms with E-state index in [0.717, 1.165) is 22.1 Å². The fourth-order valence-electron chi connectivity index (χ4n) is 3.25. The molecule has 1 aromatic heterocycles. The molecule has 2 amide bonds. The van der Waals surface area contributed by atoms with E-state index in [9.17, 15) is 9.59 Å². The highest BCUT2D eigenvalue weighted by atomic mass is 16.3. The Labute approximate surface area is 174 Å². The van der Waals surface area contributed by atoms with Gasteiger partial charge in [0.25, 0.3) is 11.8 Å². The van der Waals surface area contributed by atoms with Gasteiger partial charge in [-0.15, -0.1) is 0 Å². The third-order valence-electron chi connectivity index (χ3n) is 5.15. The number of carbonyl (C=O) groups is 2. The lowest BCUT2D eigenvalue weighted by Crippen LogP contribution is -2.14. The lowest BCUT2D eigenvalue weighted by atomic mass is 10.1. The van der Waals surface area contributed by atoms with Gasteiger partial charge in [-0.05, 0) is 79.9 Å². The molecule has 1 heterocycles. The Kier molecular flexibility index (Phi) is 5.11. The number of furan rings is 1. The smallest absolute Gasteiger partial charge is 0.291 e. The van der Waals surface area contributed by atoms with E-state index >= 15 is 0 Å². The number of hydrogen-bond donors (Lipinski definition) is 2. The molecule has 0 radical (unpaired) electrons. The van der Waals surface area contributed by atoms with E-state index in [-0.39, 0.29) is 17.6 Å². The Bertz CT molecular complexity index is 1240. The molecule has 4 rings (SSSR count). The minimum atomic E-state index is -0.318. The van der Waals surface area contributed by atoms with Gasteiger partial charge in [0.15, 0.2) is 5.76 Å². The number of amides is 2. The van der Waals surface area contributed by atoms with E-state index in [0.29, 0.717) is 22.5 Å². The minimum absolute atomic E-state index is 0.170. The van der Waals surface area contributed by atoms with Crippen LogP contribution >= 0.6 is 0 Å². The second-order valence-electron chi connectivity index (χ2n) is 7.39. The minimum Gasteiger partial charge on any atom is -0.451 e. The molecule has 0 saturated carbocycles. The number of fused-ring (bicyclic) bond motifs is 1. The van der Waals surface area contributed by atoms with Crippen LogP contribution in [0.2, 0.25) is 0 Å². The molecule has 0 atom stereocenters. The van der Waals surface area contributed by atoms with Crippen molar-refractivity contribution in [2.45, 2.75) is 20.8 Å². The first-order valence-corrected chi connectivity index (χ1v) is 9.70. The highest BCUT2D eigenvalue weighted by Crippen LogP contribution is 2.23. The average Bonchev–Trinajstić information content (AvgIpc) is 3.16. The standard InChI is InChI=1S/C25H22N2O3/c1-15-8-9-19(12-16(15)2)24(28)26-20-10-11-21(17(3)13-20)27-25(29)23-14-18-6-4-5-7-22(18)30-23/h4-14H,1-3H3,(H,26,28)(H,27,29). The molecule has 5 heteroatoms. The van der Waals surface area contributed by atoms with Crippen molar-refractivity contribution in [1.82, 2.24) is 0 Å². The van der Waals surface area contributed by atoms with Crippen molar-refractivity contribution in [3.8, 4) is 0 Å². The summed E-state index contributed by atoms with van der Waals surface area (Å²) in [6.07, 6.45) is 0. The average molecular weight is 398 g/mol. The highest BCUT2D eigenvalue weighted by molar-refractivity contribution is 6.06. The summed E-state index contributed by atoms with van der Waals surface area (Å²) >= 11 is 0. The number of anilines is 2. The van der Waals surface area contributed by atoms with Crippen LogP contribution in [0.4, 0.5) is 11.4 Å². The predicted molar refractivity (Wildman–Crippen MR) is 119 cm³/mol. The van der Waals surface area contributed by atoms with Gasteiger partial charge in [0.2, 0.25) is 0 Å². The number of benzene rings is 3. The third kappa shape index (κ3) is 3.96. The summed E-state index contributed by atoms with van der Waals surface area (Å²) < 4.78 is 5.62. The second-order valence-corrected chi connectivity index (χ2v) is 7.39. The number of aryl methyl sites for hydroxylation is 3. The maximum atomic E-state index is 12.6. The van der Waals surface area contributed by atoms with Crippen molar-refractivity contribution >= 4 is 34.2 Å². The number of carbonyl (C=O) groups excluding carboxylic acids is 2. The number of hydrogen-bond acceptors (Lipinski definition) is 3. The summed E-state index contributed by atoms with van der Waals surface area (Å²) in [6, 6.07) is 20.2. The van der Waals surface area contributed by atoms with Crippen LogP contribution in [-0.4, -0.2) is 11.8 Å². The van der Waals surface area contributed by atoms with Crippen LogP contribution in [-0.2, 0) is 0 Å². The molecule has 0 unspecified atom stereocenters. The summed E-state index contributed by atoms with van der Waals surface area (Å²) in [5.74, 6) is -0.236. The molecule has 0 fully saturated rings. The van der Waals surface area contributed by atoms with Crippen LogP contribution in [0.1, 0.15) is 37.6 Å². The molecule has 0 aliphatic rings. The zero-order chi connectivity index (χ0) is 21.3. The number of para-hydroxylation sites is 1. The van der Waals surface area contributed by atoms with Crippen molar-refractivity contribution in [3.05, 3.63) is 94.7 Å². The van der Waals surface area contributed by atoms with Gasteiger partial charge >= 0.3 is 0 Å². The van der Waals surface area contributed by atoms with E-state index in [1.165, 1.54) is 0 Å². The van der Waals surface area contributed by atoms with Crippen molar-refractivity contribution in [1.29, 1.82) is 0 Å². The third-order valence-corrected chi connectivity index (χ3v) is 5.15. The van der Waals surface area contributed by atoms with Crippen LogP contribution in [0.5, 0.6) is 0 Å². The first kappa shape index (κ1) is 19.5. The van der Waals surface area contributed by atoms with Crippen LogP contribution in [0.15, 0.2) is 71.1 Å². The number of rotatable bonds is 4. The summed E-state index contributed by atoms with van der Waals surface area (Å²) in [5, 5.41) is 6.65. The Hall–Kier alpha value is -3.86. The van der Waals surface area contributed by atoms with E-state index in [1.54, 1.807) is 18.2 Å². The Morgan fingerprint density at radius 3 is 2.27 bits per heavy atom. The first-order valence-electron chi connectivity index (χ1n) is 9.70. The van der Waals surface area contributed by atoms with Gasteiger partial charge in [-0.1, -0.05) is 24.3 Å². The lowest BCUT2D eigenvalue weighted by Gasteiger charge is -2.11. The Morgan fingerprint density at radius 1 is 0.733 bits per heavy atom. The molecule has 0 spiro atoms. The molecule has 0 bridgehead atoms. The van der Waals surface area contributed by atoms with Crippen LogP contribution in [0.3, 0.4) is 0 Å². The fourth-order valence-corrected chi connectivity index (χ4v) is 3.25. The molecule has 0 aliphatic heterocycles. The van der Waals surface area contributed by atoms with Crippen molar-refractivity contribution in [3.63, 3.8) is 0 Å². The molecule has 4 aromatic rings. The topological polar surface area (TPSA) is 71.3 Å². The molecule has 150 valence electrons. The van der Waals surface area contributed by atoms with Crippen molar-refractivity contribution in [2.24, 2.45) is 0 Å². The molecule has 0 aliphatic carbocycles. The van der Waals surface area contributed by atoms with E-state index in [1.807, 2.05) is 69.3 Å². The van der Waals surface area contributed by atoms with E-state index in [2.05, 4.69) is 10.6 Å². The second kappa shape index (κ2) is 7.87. The molecule has 30 heavy (non-hydrogen) atoms. The van der Waals surface area contributed by atoms with Crippen LogP contribution in [0, 0.1) is 20.8 Å². The van der Waals surface area contributed by atoms with Gasteiger partial charge in [0, 0.05) is 22.3 Å². The highest BCUT2D eigenvalue weighted by Gasteiger charge is 2.14. The molecule has 3 aromatic carbocycles. The summed E-state index contributed by atoms with van der Waals surface area (Å²) in [5.41, 5.74) is 5.65. The maximum absolute atomic E-state index is 12.6. The zero-order valence-electron chi connectivity index (χ0n) is 17.1. The SMILES string of the molecule is Cc1ccc(C(=O)Nc2ccc(NC(=O)c3cc4ccccc4o3)c(C)c2)cc1C. The summed E-state index contributed by atoms with van der Waals surface area (Å²) in [7, 11) is 0. The zero-order valence-corrected chi connectivity index (χ0v) is 17.1. The van der Waals surface area contributed by atoms with Gasteiger partial charge in [0.1, 0.15) is 5.58 Å². The van der Waals surface area contributed by atoms with Gasteiger partial charge < -0.3 is 15.1 Å². The van der Waals surface area contributed by atoms with Crippen LogP contribution < -0.4 is 10.6 Å². The Balaban J connectivity index is 1.47. The lowest BCUT2D eigenvalue weighted by molar-refractivity contribution is 0.0996. The number of nitrogens with one attached hydrogen (secondary N) is 2. The summed E-state index contributed by atoms with van der Waals surface area (Å²) in [6.45, 7) is 5.87. The quantitative estimate of drug-likeness (QED) is 0.452. The molecule has 0 saturated heterocycles. The monoisotopic (exact) mass is 398 g/mol. The fraction of sp³-hybridized carbons (Fsp3) is 0.120. The van der Waals surface area contributed by atoms with Crippen molar-refractivity contribution in [2.75, 3.05) is 10.6 Å². The van der Waals surface area contributed by atoms with Gasteiger partial charge in [-0.3, -0.25) is 9.59 Å². The van der Waals surface area contributed by atoms with E-state index in [4.69, 9.17) is 4.42 Å². The Morgan fingerprint density at radius 2 is 1.53 bits per heavy atom. The molecule has 2 N–H and O–H groups in total. The maximum Gasteiger partial charge on any atom is 0.291 e. The first-order chi connectivity index (χ1) is 14.4. The van der Waals surface area contributed by atoms with Crippen molar-refractivity contribution < 1.29 is 14.0 Å². The van der Waals surface area contributed by atoms with Gasteiger partial charge in [-0.25, -0.2) is 0 Å². The molecular formula is C25H22N2O3. The van der Waals surface area contributed by atoms with E-state index < -0.39 is 0 Å². The normalized spacial score (nSPS) is 10.8. The molecule has 5 nitrogen and oxygen atoms in total. The molecular weight excluding hydrogens is 376 g/mol. The summed E-state index contributed by atoms with van der Waals surface area (Å²) in [4.78, 5) is 25.1.